The normalized spacial score (nSPS) is 17.4. The van der Waals surface area contributed by atoms with Crippen LogP contribution in [0.3, 0.4) is 0 Å². The fourth-order valence-electron chi connectivity index (χ4n) is 2.86. The van der Waals surface area contributed by atoms with E-state index in [2.05, 4.69) is 0 Å². The molecule has 4 nitrogen and oxygen atoms in total. The highest BCUT2D eigenvalue weighted by molar-refractivity contribution is 5.97. The van der Waals surface area contributed by atoms with Crippen molar-refractivity contribution in [2.24, 2.45) is 0 Å². The second-order valence-corrected chi connectivity index (χ2v) is 6.01. The first-order chi connectivity index (χ1) is 12.2. The Hall–Kier alpha value is -2.40. The van der Waals surface area contributed by atoms with Gasteiger partial charge in [-0.1, -0.05) is 31.2 Å². The van der Waals surface area contributed by atoms with E-state index in [1.165, 1.54) is 12.1 Å². The van der Waals surface area contributed by atoms with Crippen molar-refractivity contribution in [3.63, 3.8) is 0 Å². The van der Waals surface area contributed by atoms with Crippen LogP contribution in [0.25, 0.3) is 0 Å². The molecule has 1 aliphatic heterocycles. The van der Waals surface area contributed by atoms with Crippen molar-refractivity contribution in [1.82, 2.24) is 4.90 Å². The number of carbonyl (C=O) groups excluding carboxylic acids is 1. The Kier molecular flexibility index (Phi) is 5.66. The predicted octanol–water partition coefficient (Wildman–Crippen LogP) is 3.83. The molecule has 1 heterocycles. The molecule has 5 heteroatoms. The Bertz CT molecular complexity index is 717. The summed E-state index contributed by atoms with van der Waals surface area (Å²) >= 11 is 0. The van der Waals surface area contributed by atoms with E-state index in [0.717, 1.165) is 12.0 Å². The summed E-state index contributed by atoms with van der Waals surface area (Å²) in [7, 11) is 0. The maximum atomic E-state index is 13.1. The van der Waals surface area contributed by atoms with Crippen molar-refractivity contribution < 1.29 is 18.7 Å². The van der Waals surface area contributed by atoms with Gasteiger partial charge in [-0.05, 0) is 36.2 Å². The number of halogens is 1. The molecule has 0 spiro atoms. The third-order valence-corrected chi connectivity index (χ3v) is 4.17. The van der Waals surface area contributed by atoms with Crippen molar-refractivity contribution >= 4 is 5.91 Å². The molecule has 3 rings (SSSR count). The highest BCUT2D eigenvalue weighted by Gasteiger charge is 2.27. The van der Waals surface area contributed by atoms with E-state index < -0.39 is 0 Å². The fraction of sp³-hybridized carbons (Fsp3) is 0.350. The first kappa shape index (κ1) is 17.4. The van der Waals surface area contributed by atoms with Gasteiger partial charge in [0.15, 0.2) is 0 Å². The summed E-state index contributed by atoms with van der Waals surface area (Å²) < 4.78 is 24.6. The minimum Gasteiger partial charge on any atom is -0.493 e. The van der Waals surface area contributed by atoms with E-state index in [4.69, 9.17) is 9.47 Å². The van der Waals surface area contributed by atoms with Crippen molar-refractivity contribution in [2.75, 3.05) is 26.3 Å². The molecule has 0 radical (unpaired) electrons. The molecule has 0 aromatic heterocycles. The lowest BCUT2D eigenvalue weighted by Crippen LogP contribution is -2.42. The standard InChI is InChI=1S/C20H22FNO3/c1-2-12-24-18-6-4-3-5-17(18)20(23)22-11-13-25-19(14-22)15-7-9-16(21)10-8-15/h3-10,19H,2,11-14H2,1H3/t19-/m0/s1. The van der Waals surface area contributed by atoms with Crippen molar-refractivity contribution in [1.29, 1.82) is 0 Å². The first-order valence-electron chi connectivity index (χ1n) is 8.57. The number of nitrogens with zero attached hydrogens (tertiary/aromatic N) is 1. The van der Waals surface area contributed by atoms with Crippen molar-refractivity contribution in [3.05, 3.63) is 65.5 Å². The van der Waals surface area contributed by atoms with Gasteiger partial charge in [-0.3, -0.25) is 4.79 Å². The van der Waals surface area contributed by atoms with E-state index in [1.54, 1.807) is 23.1 Å². The SMILES string of the molecule is CCCOc1ccccc1C(=O)N1CCO[C@H](c2ccc(F)cc2)C1. The number of hydrogen-bond donors (Lipinski definition) is 0. The smallest absolute Gasteiger partial charge is 0.257 e. The van der Waals surface area contributed by atoms with Crippen LogP contribution in [0.2, 0.25) is 0 Å². The monoisotopic (exact) mass is 343 g/mol. The molecular formula is C20H22FNO3. The molecule has 0 aliphatic carbocycles. The highest BCUT2D eigenvalue weighted by Crippen LogP contribution is 2.26. The van der Waals surface area contributed by atoms with Crippen molar-refractivity contribution in [2.45, 2.75) is 19.4 Å². The zero-order valence-electron chi connectivity index (χ0n) is 14.3. The molecule has 1 aliphatic rings. The van der Waals surface area contributed by atoms with Gasteiger partial charge in [-0.25, -0.2) is 4.39 Å². The van der Waals surface area contributed by atoms with Gasteiger partial charge in [0.1, 0.15) is 17.7 Å². The lowest BCUT2D eigenvalue weighted by Gasteiger charge is -2.33. The highest BCUT2D eigenvalue weighted by atomic mass is 19.1. The van der Waals surface area contributed by atoms with Gasteiger partial charge in [-0.2, -0.15) is 0 Å². The number of ether oxygens (including phenoxy) is 2. The number of amides is 1. The van der Waals surface area contributed by atoms with Gasteiger partial charge in [0.2, 0.25) is 0 Å². The Labute approximate surface area is 147 Å². The molecule has 1 saturated heterocycles. The Morgan fingerprint density at radius 1 is 1.24 bits per heavy atom. The number of para-hydroxylation sites is 1. The summed E-state index contributed by atoms with van der Waals surface area (Å²) in [5, 5.41) is 0. The summed E-state index contributed by atoms with van der Waals surface area (Å²) in [5.41, 5.74) is 1.44. The van der Waals surface area contributed by atoms with Gasteiger partial charge >= 0.3 is 0 Å². The third-order valence-electron chi connectivity index (χ3n) is 4.17. The molecule has 1 amide bonds. The number of hydrogen-bond acceptors (Lipinski definition) is 3. The topological polar surface area (TPSA) is 38.8 Å². The van der Waals surface area contributed by atoms with Crippen LogP contribution in [0.1, 0.15) is 35.4 Å². The van der Waals surface area contributed by atoms with Crippen LogP contribution >= 0.6 is 0 Å². The molecule has 132 valence electrons. The van der Waals surface area contributed by atoms with Crippen LogP contribution in [-0.2, 0) is 4.74 Å². The summed E-state index contributed by atoms with van der Waals surface area (Å²) in [6, 6.07) is 13.5. The quantitative estimate of drug-likeness (QED) is 0.828. The van der Waals surface area contributed by atoms with Gasteiger partial charge in [0.05, 0.1) is 25.3 Å². The maximum absolute atomic E-state index is 13.1. The summed E-state index contributed by atoms with van der Waals surface area (Å²) in [6.07, 6.45) is 0.634. The Morgan fingerprint density at radius 2 is 2.00 bits per heavy atom. The summed E-state index contributed by atoms with van der Waals surface area (Å²) in [6.45, 7) is 4.02. The van der Waals surface area contributed by atoms with Crippen LogP contribution in [-0.4, -0.2) is 37.1 Å². The predicted molar refractivity (Wildman–Crippen MR) is 93.2 cm³/mol. The number of rotatable bonds is 5. The van der Waals surface area contributed by atoms with Crippen LogP contribution in [0, 0.1) is 5.82 Å². The number of benzene rings is 2. The van der Waals surface area contributed by atoms with Gasteiger partial charge < -0.3 is 14.4 Å². The average Bonchev–Trinajstić information content (AvgIpc) is 2.67. The van der Waals surface area contributed by atoms with E-state index in [-0.39, 0.29) is 17.8 Å². The zero-order valence-corrected chi connectivity index (χ0v) is 14.3. The molecule has 0 unspecified atom stereocenters. The molecule has 0 N–H and O–H groups in total. The molecule has 1 fully saturated rings. The Morgan fingerprint density at radius 3 is 2.76 bits per heavy atom. The summed E-state index contributed by atoms with van der Waals surface area (Å²) in [4.78, 5) is 14.7. The van der Waals surface area contributed by atoms with E-state index in [0.29, 0.717) is 37.6 Å². The van der Waals surface area contributed by atoms with E-state index in [1.807, 2.05) is 25.1 Å². The summed E-state index contributed by atoms with van der Waals surface area (Å²) in [5.74, 6) is 0.260. The second kappa shape index (κ2) is 8.12. The lowest BCUT2D eigenvalue weighted by atomic mass is 10.1. The minimum absolute atomic E-state index is 0.0675. The fourth-order valence-corrected chi connectivity index (χ4v) is 2.86. The molecule has 25 heavy (non-hydrogen) atoms. The molecular weight excluding hydrogens is 321 g/mol. The largest absolute Gasteiger partial charge is 0.493 e. The molecule has 2 aromatic carbocycles. The maximum Gasteiger partial charge on any atom is 0.257 e. The van der Waals surface area contributed by atoms with Crippen LogP contribution in [0.15, 0.2) is 48.5 Å². The number of carbonyl (C=O) groups is 1. The second-order valence-electron chi connectivity index (χ2n) is 6.01. The Balaban J connectivity index is 1.75. The molecule has 0 bridgehead atoms. The zero-order chi connectivity index (χ0) is 17.6. The van der Waals surface area contributed by atoms with Gasteiger partial charge in [-0.15, -0.1) is 0 Å². The molecule has 2 aromatic rings. The molecule has 0 saturated carbocycles. The molecule has 1 atom stereocenters. The van der Waals surface area contributed by atoms with Crippen LogP contribution in [0.5, 0.6) is 5.75 Å². The van der Waals surface area contributed by atoms with E-state index >= 15 is 0 Å². The lowest BCUT2D eigenvalue weighted by molar-refractivity contribution is -0.0229. The van der Waals surface area contributed by atoms with Gasteiger partial charge in [0.25, 0.3) is 5.91 Å². The van der Waals surface area contributed by atoms with Crippen LogP contribution in [0.4, 0.5) is 4.39 Å². The first-order valence-corrected chi connectivity index (χ1v) is 8.57. The average molecular weight is 343 g/mol. The van der Waals surface area contributed by atoms with Crippen molar-refractivity contribution in [3.8, 4) is 5.75 Å². The van der Waals surface area contributed by atoms with E-state index in [9.17, 15) is 9.18 Å². The third kappa shape index (κ3) is 4.17. The van der Waals surface area contributed by atoms with Gasteiger partial charge in [0, 0.05) is 6.54 Å². The van der Waals surface area contributed by atoms with Crippen LogP contribution < -0.4 is 4.74 Å². The number of morpholine rings is 1. The minimum atomic E-state index is -0.283.